The van der Waals surface area contributed by atoms with E-state index in [0.29, 0.717) is 10.8 Å². The molecule has 12 heavy (non-hydrogen) atoms. The molecule has 4 nitrogen and oxygen atoms in total. The number of halogens is 1. The molecule has 0 amide bonds. The fourth-order valence-electron chi connectivity index (χ4n) is 0.623. The van der Waals surface area contributed by atoms with Crippen LogP contribution in [0, 0.1) is 0 Å². The van der Waals surface area contributed by atoms with Crippen LogP contribution in [0.2, 0.25) is 0 Å². The summed E-state index contributed by atoms with van der Waals surface area (Å²) in [7, 11) is 0. The highest BCUT2D eigenvalue weighted by Crippen LogP contribution is 2.19. The van der Waals surface area contributed by atoms with Crippen LogP contribution in [-0.2, 0) is 4.79 Å². The second-order valence-electron chi connectivity index (χ2n) is 1.90. The second kappa shape index (κ2) is 3.55. The maximum atomic E-state index is 10.5. The Hall–Kier alpha value is -1.07. The van der Waals surface area contributed by atoms with Gasteiger partial charge in [0.15, 0.2) is 5.13 Å². The van der Waals surface area contributed by atoms with Gasteiger partial charge >= 0.3 is 5.97 Å². The Morgan fingerprint density at radius 3 is 2.83 bits per heavy atom. The summed E-state index contributed by atoms with van der Waals surface area (Å²) in [6.45, 7) is 0. The summed E-state index contributed by atoms with van der Waals surface area (Å²) in [5, 5.41) is 10.5. The molecule has 1 aromatic heterocycles. The van der Waals surface area contributed by atoms with Gasteiger partial charge in [0.25, 0.3) is 0 Å². The number of rotatable bonds is 2. The van der Waals surface area contributed by atoms with Crippen molar-refractivity contribution in [1.82, 2.24) is 4.98 Å². The van der Waals surface area contributed by atoms with Gasteiger partial charge in [-0.3, -0.25) is 0 Å². The minimum Gasteiger partial charge on any atom is -0.478 e. The highest BCUT2D eigenvalue weighted by Gasteiger charge is 2.12. The lowest BCUT2D eigenvalue weighted by Crippen LogP contribution is -1.99. The molecule has 64 valence electrons. The summed E-state index contributed by atoms with van der Waals surface area (Å²) >= 11 is 6.46. The Bertz CT molecular complexity index is 334. The minimum atomic E-state index is -1.12. The Balaban J connectivity index is 3.04. The molecular weight excluding hydrogens is 200 g/mol. The highest BCUT2D eigenvalue weighted by molar-refractivity contribution is 7.13. The molecule has 0 unspecified atom stereocenters. The fraction of sp³-hybridized carbons (Fsp3) is 0. The molecule has 0 atom stereocenters. The Morgan fingerprint density at radius 2 is 2.50 bits per heavy atom. The third kappa shape index (κ3) is 1.75. The molecule has 0 aliphatic rings. The summed E-state index contributed by atoms with van der Waals surface area (Å²) in [5.41, 5.74) is 6.52. The zero-order chi connectivity index (χ0) is 9.14. The summed E-state index contributed by atoms with van der Waals surface area (Å²) in [6.07, 6.45) is 0. The molecule has 0 bridgehead atoms. The number of anilines is 1. The van der Waals surface area contributed by atoms with E-state index < -0.39 is 5.97 Å². The van der Waals surface area contributed by atoms with Crippen molar-refractivity contribution in [3.05, 3.63) is 16.6 Å². The molecule has 1 rings (SSSR count). The zero-order valence-corrected chi connectivity index (χ0v) is 7.39. The van der Waals surface area contributed by atoms with Crippen molar-refractivity contribution in [2.24, 2.45) is 0 Å². The maximum absolute atomic E-state index is 10.5. The number of aromatic nitrogens is 1. The van der Waals surface area contributed by atoms with E-state index in [4.69, 9.17) is 22.4 Å². The van der Waals surface area contributed by atoms with Crippen molar-refractivity contribution in [3.8, 4) is 0 Å². The molecule has 0 spiro atoms. The first-order valence-electron chi connectivity index (χ1n) is 2.90. The van der Waals surface area contributed by atoms with E-state index in [0.717, 1.165) is 5.54 Å². The summed E-state index contributed by atoms with van der Waals surface area (Å²) in [4.78, 5) is 14.3. The van der Waals surface area contributed by atoms with E-state index in [1.807, 2.05) is 0 Å². The predicted octanol–water partition coefficient (Wildman–Crippen LogP) is 1.39. The van der Waals surface area contributed by atoms with Gasteiger partial charge in [-0.25, -0.2) is 9.78 Å². The van der Waals surface area contributed by atoms with E-state index in [1.165, 1.54) is 16.7 Å². The van der Waals surface area contributed by atoms with E-state index in [-0.39, 0.29) is 5.57 Å². The van der Waals surface area contributed by atoms with Gasteiger partial charge in [0.05, 0.1) is 11.3 Å². The number of carboxylic acids is 1. The van der Waals surface area contributed by atoms with Crippen LogP contribution in [0.25, 0.3) is 5.57 Å². The lowest BCUT2D eigenvalue weighted by atomic mass is 10.2. The van der Waals surface area contributed by atoms with Crippen LogP contribution in [0.5, 0.6) is 0 Å². The molecule has 6 heteroatoms. The maximum Gasteiger partial charge on any atom is 0.338 e. The molecule has 0 aliphatic carbocycles. The van der Waals surface area contributed by atoms with Crippen molar-refractivity contribution < 1.29 is 9.90 Å². The fourth-order valence-corrected chi connectivity index (χ4v) is 1.39. The van der Waals surface area contributed by atoms with Crippen LogP contribution in [0.1, 0.15) is 5.69 Å². The number of thiazole rings is 1. The van der Waals surface area contributed by atoms with Crippen molar-refractivity contribution in [1.29, 1.82) is 0 Å². The summed E-state index contributed by atoms with van der Waals surface area (Å²) in [6, 6.07) is 0. The number of hydrogen-bond acceptors (Lipinski definition) is 4. The van der Waals surface area contributed by atoms with Crippen molar-refractivity contribution in [2.75, 3.05) is 5.73 Å². The van der Waals surface area contributed by atoms with Gasteiger partial charge in [-0.2, -0.15) is 0 Å². The first-order chi connectivity index (χ1) is 5.65. The van der Waals surface area contributed by atoms with Crippen molar-refractivity contribution >= 4 is 39.6 Å². The number of nitrogens with two attached hydrogens (primary N) is 1. The molecule has 0 fully saturated rings. The van der Waals surface area contributed by atoms with E-state index in [9.17, 15) is 4.79 Å². The topological polar surface area (TPSA) is 76.2 Å². The zero-order valence-electron chi connectivity index (χ0n) is 5.82. The number of carbonyl (C=O) groups is 1. The van der Waals surface area contributed by atoms with E-state index in [2.05, 4.69) is 4.98 Å². The largest absolute Gasteiger partial charge is 0.478 e. The van der Waals surface area contributed by atoms with Crippen LogP contribution in [-0.4, -0.2) is 16.1 Å². The number of nitrogen functional groups attached to an aromatic ring is 1. The number of nitrogens with zero attached hydrogens (tertiary/aromatic N) is 1. The smallest absolute Gasteiger partial charge is 0.338 e. The second-order valence-corrected chi connectivity index (χ2v) is 3.01. The SMILES string of the molecule is Nc1nc(/C(=C\Cl)C(=O)O)cs1. The average molecular weight is 205 g/mol. The monoisotopic (exact) mass is 204 g/mol. The first-order valence-corrected chi connectivity index (χ1v) is 4.22. The standard InChI is InChI=1S/C6H5ClN2O2S/c7-1-3(5(10)11)4-2-12-6(8)9-4/h1-2H,(H2,8,9)(H,10,11)/b3-1+. The molecule has 0 aliphatic heterocycles. The summed E-state index contributed by atoms with van der Waals surface area (Å²) in [5.74, 6) is -1.12. The van der Waals surface area contributed by atoms with Crippen LogP contribution in [0.15, 0.2) is 10.9 Å². The van der Waals surface area contributed by atoms with Crippen LogP contribution >= 0.6 is 22.9 Å². The first kappa shape index (κ1) is 9.02. The summed E-state index contributed by atoms with van der Waals surface area (Å²) < 4.78 is 0. The van der Waals surface area contributed by atoms with Gasteiger partial charge in [-0.1, -0.05) is 11.6 Å². The van der Waals surface area contributed by atoms with Crippen LogP contribution in [0.3, 0.4) is 0 Å². The Labute approximate surface area is 77.3 Å². The van der Waals surface area contributed by atoms with Gasteiger partial charge in [0.2, 0.25) is 0 Å². The quantitative estimate of drug-likeness (QED) is 0.714. The molecule has 1 aromatic rings. The normalized spacial score (nSPS) is 11.6. The Kier molecular flexibility index (Phi) is 2.67. The third-order valence-corrected chi connectivity index (χ3v) is 2.03. The lowest BCUT2D eigenvalue weighted by molar-refractivity contribution is -0.130. The van der Waals surface area contributed by atoms with E-state index in [1.54, 1.807) is 0 Å². The van der Waals surface area contributed by atoms with Crippen molar-refractivity contribution in [2.45, 2.75) is 0 Å². The third-order valence-electron chi connectivity index (χ3n) is 1.14. The van der Waals surface area contributed by atoms with Gasteiger partial charge in [-0.15, -0.1) is 11.3 Å². The van der Waals surface area contributed by atoms with Gasteiger partial charge < -0.3 is 10.8 Å². The molecule has 3 N–H and O–H groups in total. The minimum absolute atomic E-state index is 0.0513. The molecule has 0 saturated heterocycles. The molecule has 1 heterocycles. The highest BCUT2D eigenvalue weighted by atomic mass is 35.5. The average Bonchev–Trinajstić information content (AvgIpc) is 2.37. The molecular formula is C6H5ClN2O2S. The molecule has 0 saturated carbocycles. The predicted molar refractivity (Wildman–Crippen MR) is 48.0 cm³/mol. The van der Waals surface area contributed by atoms with Gasteiger partial charge in [0.1, 0.15) is 0 Å². The Morgan fingerprint density at radius 1 is 1.83 bits per heavy atom. The van der Waals surface area contributed by atoms with Crippen LogP contribution < -0.4 is 5.73 Å². The van der Waals surface area contributed by atoms with Crippen LogP contribution in [0.4, 0.5) is 5.13 Å². The van der Waals surface area contributed by atoms with E-state index >= 15 is 0 Å². The van der Waals surface area contributed by atoms with Gasteiger partial charge in [-0.05, 0) is 0 Å². The van der Waals surface area contributed by atoms with Gasteiger partial charge in [0, 0.05) is 10.9 Å². The lowest BCUT2D eigenvalue weighted by Gasteiger charge is -1.92. The van der Waals surface area contributed by atoms with Crippen molar-refractivity contribution in [3.63, 3.8) is 0 Å². The molecule has 0 radical (unpaired) electrons. The number of hydrogen-bond donors (Lipinski definition) is 2. The number of aliphatic carboxylic acids is 1. The molecule has 0 aromatic carbocycles. The number of carboxylic acid groups (broad SMARTS) is 1.